The highest BCUT2D eigenvalue weighted by atomic mass is 16.5. The third-order valence-electron chi connectivity index (χ3n) is 2.40. The van der Waals surface area contributed by atoms with Crippen LogP contribution in [-0.2, 0) is 4.74 Å². The SMILES string of the molecule is CCN1CC(N(C)C(=O)OC)C1. The van der Waals surface area contributed by atoms with Gasteiger partial charge in [0.1, 0.15) is 0 Å². The Hall–Kier alpha value is -0.770. The Labute approximate surface area is 73.1 Å². The average Bonchev–Trinajstić information content (AvgIpc) is 2.01. The topological polar surface area (TPSA) is 32.8 Å². The zero-order valence-corrected chi connectivity index (χ0v) is 7.91. The maximum absolute atomic E-state index is 11.0. The molecule has 0 aromatic rings. The third-order valence-corrected chi connectivity index (χ3v) is 2.40. The Bertz CT molecular complexity index is 166. The number of ether oxygens (including phenoxy) is 1. The number of likely N-dealkylation sites (N-methyl/N-ethyl adjacent to an activating group) is 2. The Kier molecular flexibility index (Phi) is 2.92. The second-order valence-corrected chi connectivity index (χ2v) is 3.09. The van der Waals surface area contributed by atoms with Crippen LogP contribution in [0.15, 0.2) is 0 Å². The van der Waals surface area contributed by atoms with Crippen LogP contribution >= 0.6 is 0 Å². The summed E-state index contributed by atoms with van der Waals surface area (Å²) in [4.78, 5) is 15.0. The van der Waals surface area contributed by atoms with E-state index in [0.29, 0.717) is 6.04 Å². The molecule has 0 spiro atoms. The first-order valence-corrected chi connectivity index (χ1v) is 4.22. The van der Waals surface area contributed by atoms with Crippen molar-refractivity contribution >= 4 is 6.09 Å². The van der Waals surface area contributed by atoms with E-state index in [1.165, 1.54) is 7.11 Å². The first kappa shape index (κ1) is 9.32. The normalized spacial score (nSPS) is 18.6. The van der Waals surface area contributed by atoms with Crippen molar-refractivity contribution in [1.82, 2.24) is 9.80 Å². The van der Waals surface area contributed by atoms with E-state index in [1.807, 2.05) is 0 Å². The van der Waals surface area contributed by atoms with Gasteiger partial charge in [-0.1, -0.05) is 6.92 Å². The maximum atomic E-state index is 11.0. The lowest BCUT2D eigenvalue weighted by atomic mass is 10.1. The third kappa shape index (κ3) is 1.69. The molecule has 0 unspecified atom stereocenters. The van der Waals surface area contributed by atoms with Gasteiger partial charge in [0.2, 0.25) is 0 Å². The molecule has 1 heterocycles. The van der Waals surface area contributed by atoms with Crippen molar-refractivity contribution in [2.24, 2.45) is 0 Å². The molecule has 1 amide bonds. The molecule has 1 saturated heterocycles. The van der Waals surface area contributed by atoms with Gasteiger partial charge in [0, 0.05) is 20.1 Å². The zero-order valence-electron chi connectivity index (χ0n) is 7.91. The van der Waals surface area contributed by atoms with Crippen molar-refractivity contribution < 1.29 is 9.53 Å². The van der Waals surface area contributed by atoms with E-state index in [1.54, 1.807) is 11.9 Å². The van der Waals surface area contributed by atoms with E-state index in [4.69, 9.17) is 0 Å². The highest BCUT2D eigenvalue weighted by Crippen LogP contribution is 2.13. The molecule has 1 fully saturated rings. The molecule has 0 saturated carbocycles. The fraction of sp³-hybridized carbons (Fsp3) is 0.875. The summed E-state index contributed by atoms with van der Waals surface area (Å²) in [5.41, 5.74) is 0. The Balaban J connectivity index is 2.27. The molecule has 0 aromatic carbocycles. The molecule has 0 radical (unpaired) electrons. The highest BCUT2D eigenvalue weighted by Gasteiger charge is 2.31. The summed E-state index contributed by atoms with van der Waals surface area (Å²) in [6.07, 6.45) is -0.240. The molecule has 0 aromatic heterocycles. The molecule has 1 aliphatic rings. The minimum atomic E-state index is -0.240. The number of hydrogen-bond acceptors (Lipinski definition) is 3. The minimum absolute atomic E-state index is 0.240. The van der Waals surface area contributed by atoms with E-state index >= 15 is 0 Å². The van der Waals surface area contributed by atoms with Gasteiger partial charge < -0.3 is 9.64 Å². The van der Waals surface area contributed by atoms with Gasteiger partial charge in [-0.25, -0.2) is 4.79 Å². The van der Waals surface area contributed by atoms with E-state index in [0.717, 1.165) is 19.6 Å². The van der Waals surface area contributed by atoms with Gasteiger partial charge in [0.25, 0.3) is 0 Å². The predicted molar refractivity (Wildman–Crippen MR) is 46.1 cm³/mol. The van der Waals surface area contributed by atoms with Crippen LogP contribution in [-0.4, -0.2) is 55.7 Å². The molecule has 1 aliphatic heterocycles. The lowest BCUT2D eigenvalue weighted by molar-refractivity contribution is 0.0453. The Morgan fingerprint density at radius 2 is 2.25 bits per heavy atom. The van der Waals surface area contributed by atoms with Crippen LogP contribution < -0.4 is 0 Å². The van der Waals surface area contributed by atoms with Crippen molar-refractivity contribution in [2.75, 3.05) is 33.8 Å². The number of amides is 1. The predicted octanol–water partition coefficient (Wildman–Crippen LogP) is 0.389. The van der Waals surface area contributed by atoms with E-state index in [2.05, 4.69) is 16.6 Å². The number of nitrogens with zero attached hydrogens (tertiary/aromatic N) is 2. The van der Waals surface area contributed by atoms with Crippen molar-refractivity contribution in [1.29, 1.82) is 0 Å². The van der Waals surface area contributed by atoms with E-state index in [-0.39, 0.29) is 6.09 Å². The molecule has 12 heavy (non-hydrogen) atoms. The van der Waals surface area contributed by atoms with Gasteiger partial charge >= 0.3 is 6.09 Å². The molecule has 70 valence electrons. The molecular weight excluding hydrogens is 156 g/mol. The number of rotatable bonds is 2. The summed E-state index contributed by atoms with van der Waals surface area (Å²) >= 11 is 0. The maximum Gasteiger partial charge on any atom is 0.409 e. The first-order valence-electron chi connectivity index (χ1n) is 4.22. The van der Waals surface area contributed by atoms with Gasteiger partial charge in [0.05, 0.1) is 13.2 Å². The number of carbonyl (C=O) groups is 1. The lowest BCUT2D eigenvalue weighted by Gasteiger charge is -2.42. The molecular formula is C8H16N2O2. The second-order valence-electron chi connectivity index (χ2n) is 3.09. The molecule has 4 nitrogen and oxygen atoms in total. The second kappa shape index (κ2) is 3.76. The van der Waals surface area contributed by atoms with Crippen LogP contribution in [0.1, 0.15) is 6.92 Å². The van der Waals surface area contributed by atoms with Crippen LogP contribution in [0, 0.1) is 0 Å². The minimum Gasteiger partial charge on any atom is -0.453 e. The molecule has 1 rings (SSSR count). The quantitative estimate of drug-likeness (QED) is 0.604. The van der Waals surface area contributed by atoms with Crippen molar-refractivity contribution in [3.8, 4) is 0 Å². The van der Waals surface area contributed by atoms with Crippen LogP contribution in [0.5, 0.6) is 0 Å². The van der Waals surface area contributed by atoms with Crippen molar-refractivity contribution in [3.05, 3.63) is 0 Å². The summed E-state index contributed by atoms with van der Waals surface area (Å²) in [5, 5.41) is 0. The number of carbonyl (C=O) groups excluding carboxylic acids is 1. The lowest BCUT2D eigenvalue weighted by Crippen LogP contribution is -2.59. The molecule has 4 heteroatoms. The standard InChI is InChI=1S/C8H16N2O2/c1-4-10-5-7(6-10)9(2)8(11)12-3/h7H,4-6H2,1-3H3. The van der Waals surface area contributed by atoms with Crippen LogP contribution in [0.25, 0.3) is 0 Å². The molecule has 0 N–H and O–H groups in total. The van der Waals surface area contributed by atoms with E-state index < -0.39 is 0 Å². The Morgan fingerprint density at radius 3 is 2.67 bits per heavy atom. The monoisotopic (exact) mass is 172 g/mol. The molecule has 0 bridgehead atoms. The molecule has 0 atom stereocenters. The summed E-state index contributed by atoms with van der Waals surface area (Å²) < 4.78 is 4.61. The van der Waals surface area contributed by atoms with Gasteiger partial charge in [-0.2, -0.15) is 0 Å². The summed E-state index contributed by atoms with van der Waals surface area (Å²) in [5.74, 6) is 0. The number of methoxy groups -OCH3 is 1. The van der Waals surface area contributed by atoms with Gasteiger partial charge in [-0.3, -0.25) is 4.90 Å². The van der Waals surface area contributed by atoms with Crippen LogP contribution in [0.2, 0.25) is 0 Å². The highest BCUT2D eigenvalue weighted by molar-refractivity contribution is 5.67. The zero-order chi connectivity index (χ0) is 9.14. The summed E-state index contributed by atoms with van der Waals surface area (Å²) in [6, 6.07) is 0.345. The van der Waals surface area contributed by atoms with Crippen LogP contribution in [0.3, 0.4) is 0 Å². The van der Waals surface area contributed by atoms with Gasteiger partial charge in [0.15, 0.2) is 0 Å². The largest absolute Gasteiger partial charge is 0.453 e. The van der Waals surface area contributed by atoms with Crippen molar-refractivity contribution in [2.45, 2.75) is 13.0 Å². The van der Waals surface area contributed by atoms with Gasteiger partial charge in [-0.05, 0) is 6.54 Å². The fourth-order valence-corrected chi connectivity index (χ4v) is 1.34. The first-order chi connectivity index (χ1) is 5.69. The van der Waals surface area contributed by atoms with Crippen LogP contribution in [0.4, 0.5) is 4.79 Å². The summed E-state index contributed by atoms with van der Waals surface area (Å²) in [7, 11) is 3.19. The Morgan fingerprint density at radius 1 is 1.67 bits per heavy atom. The smallest absolute Gasteiger partial charge is 0.409 e. The number of hydrogen-bond donors (Lipinski definition) is 0. The average molecular weight is 172 g/mol. The molecule has 0 aliphatic carbocycles. The summed E-state index contributed by atoms with van der Waals surface area (Å²) in [6.45, 7) is 5.13. The number of likely N-dealkylation sites (tertiary alicyclic amines) is 1. The van der Waals surface area contributed by atoms with Crippen molar-refractivity contribution in [3.63, 3.8) is 0 Å². The van der Waals surface area contributed by atoms with Gasteiger partial charge in [-0.15, -0.1) is 0 Å². The fourth-order valence-electron chi connectivity index (χ4n) is 1.34. The van der Waals surface area contributed by atoms with E-state index in [9.17, 15) is 4.79 Å².